The van der Waals surface area contributed by atoms with Crippen molar-refractivity contribution in [2.75, 3.05) is 7.05 Å². The monoisotopic (exact) mass is 370 g/mol. The summed E-state index contributed by atoms with van der Waals surface area (Å²) in [4.78, 5) is 14.7. The molecule has 23 heavy (non-hydrogen) atoms. The molecule has 0 radical (unpaired) electrons. The minimum atomic E-state index is -0.318. The van der Waals surface area contributed by atoms with Gasteiger partial charge in [0.25, 0.3) is 0 Å². The summed E-state index contributed by atoms with van der Waals surface area (Å²) in [6.07, 6.45) is 0. The predicted molar refractivity (Wildman–Crippen MR) is 90.5 cm³/mol. The number of rotatable bonds is 5. The SMILES string of the molecule is C[NH+](Cc1ccc(Cl)s1)Cn1nnn(-c2ccccc2Cl)c1=O. The largest absolute Gasteiger partial charge is 0.373 e. The highest BCUT2D eigenvalue weighted by Crippen LogP contribution is 2.20. The molecule has 2 heterocycles. The molecule has 9 heteroatoms. The zero-order valence-electron chi connectivity index (χ0n) is 12.2. The Balaban J connectivity index is 1.77. The van der Waals surface area contributed by atoms with Crippen LogP contribution in [0.4, 0.5) is 0 Å². The van der Waals surface area contributed by atoms with E-state index in [-0.39, 0.29) is 5.69 Å². The maximum absolute atomic E-state index is 12.4. The van der Waals surface area contributed by atoms with Crippen LogP contribution in [0.25, 0.3) is 5.69 Å². The number of halogens is 2. The van der Waals surface area contributed by atoms with Gasteiger partial charge in [-0.2, -0.15) is 4.68 Å². The smallest absolute Gasteiger partial charge is 0.314 e. The number of hydrogen-bond donors (Lipinski definition) is 1. The molecule has 3 rings (SSSR count). The number of nitrogens with one attached hydrogen (secondary N) is 1. The van der Waals surface area contributed by atoms with E-state index in [4.69, 9.17) is 23.2 Å². The van der Waals surface area contributed by atoms with Crippen LogP contribution in [-0.2, 0) is 13.2 Å². The average Bonchev–Trinajstić information content (AvgIpc) is 3.07. The fourth-order valence-electron chi connectivity index (χ4n) is 2.20. The van der Waals surface area contributed by atoms with E-state index in [1.807, 2.05) is 19.2 Å². The van der Waals surface area contributed by atoms with Crippen LogP contribution in [0.5, 0.6) is 0 Å². The Bertz CT molecular complexity index is 872. The first-order valence-electron chi connectivity index (χ1n) is 6.88. The van der Waals surface area contributed by atoms with E-state index in [0.29, 0.717) is 17.4 Å². The molecule has 3 aromatic rings. The number of tetrazole rings is 1. The zero-order valence-corrected chi connectivity index (χ0v) is 14.6. The molecule has 1 atom stereocenters. The third-order valence-corrected chi connectivity index (χ3v) is 4.80. The molecule has 0 saturated carbocycles. The van der Waals surface area contributed by atoms with Gasteiger partial charge in [-0.1, -0.05) is 35.3 Å². The molecular formula is C14H14Cl2N5OS+. The molecule has 1 unspecified atom stereocenters. The van der Waals surface area contributed by atoms with E-state index < -0.39 is 0 Å². The van der Waals surface area contributed by atoms with Gasteiger partial charge in [-0.15, -0.1) is 16.0 Å². The first-order chi connectivity index (χ1) is 11.0. The van der Waals surface area contributed by atoms with Crippen LogP contribution in [0, 0.1) is 0 Å². The number of nitrogens with zero attached hydrogens (tertiary/aromatic N) is 4. The Labute approximate surface area is 146 Å². The quantitative estimate of drug-likeness (QED) is 0.739. The molecule has 0 bridgehead atoms. The number of benzene rings is 1. The van der Waals surface area contributed by atoms with Crippen molar-refractivity contribution < 1.29 is 4.90 Å². The summed E-state index contributed by atoms with van der Waals surface area (Å²) < 4.78 is 3.29. The van der Waals surface area contributed by atoms with Crippen LogP contribution < -0.4 is 10.6 Å². The van der Waals surface area contributed by atoms with E-state index in [1.54, 1.807) is 24.3 Å². The molecule has 0 spiro atoms. The topological polar surface area (TPSA) is 57.2 Å². The van der Waals surface area contributed by atoms with Gasteiger partial charge in [0.2, 0.25) is 0 Å². The van der Waals surface area contributed by atoms with Crippen LogP contribution in [-0.4, -0.2) is 26.8 Å². The summed E-state index contributed by atoms with van der Waals surface area (Å²) >= 11 is 13.6. The summed E-state index contributed by atoms with van der Waals surface area (Å²) in [5.74, 6) is 0. The van der Waals surface area contributed by atoms with Gasteiger partial charge in [0.15, 0.2) is 6.67 Å². The lowest BCUT2D eigenvalue weighted by atomic mass is 10.3. The van der Waals surface area contributed by atoms with Crippen LogP contribution in [0.1, 0.15) is 4.88 Å². The number of para-hydroxylation sites is 1. The van der Waals surface area contributed by atoms with E-state index in [1.165, 1.54) is 20.7 Å². The van der Waals surface area contributed by atoms with Crippen molar-refractivity contribution >= 4 is 34.5 Å². The molecule has 0 aliphatic rings. The second-order valence-corrected chi connectivity index (χ2v) is 7.33. The van der Waals surface area contributed by atoms with Crippen LogP contribution >= 0.6 is 34.5 Å². The van der Waals surface area contributed by atoms with Gasteiger partial charge in [-0.25, -0.2) is 4.79 Å². The van der Waals surface area contributed by atoms with Crippen LogP contribution in [0.3, 0.4) is 0 Å². The average molecular weight is 371 g/mol. The van der Waals surface area contributed by atoms with E-state index >= 15 is 0 Å². The third kappa shape index (κ3) is 3.64. The fraction of sp³-hybridized carbons (Fsp3) is 0.214. The number of aromatic nitrogens is 4. The summed E-state index contributed by atoms with van der Waals surface area (Å²) in [6.45, 7) is 1.15. The highest BCUT2D eigenvalue weighted by Gasteiger charge is 2.15. The van der Waals surface area contributed by atoms with Gasteiger partial charge in [0, 0.05) is 0 Å². The maximum Gasteiger partial charge on any atom is 0.373 e. The highest BCUT2D eigenvalue weighted by atomic mass is 35.5. The molecule has 1 N–H and O–H groups in total. The van der Waals surface area contributed by atoms with Crippen molar-refractivity contribution in [3.05, 3.63) is 61.1 Å². The Hall–Kier alpha value is -1.67. The summed E-state index contributed by atoms with van der Waals surface area (Å²) in [5.41, 5.74) is 0.203. The second kappa shape index (κ2) is 6.84. The summed E-state index contributed by atoms with van der Waals surface area (Å²) in [6, 6.07) is 10.9. The highest BCUT2D eigenvalue weighted by molar-refractivity contribution is 7.16. The lowest BCUT2D eigenvalue weighted by Crippen LogP contribution is -3.07. The lowest BCUT2D eigenvalue weighted by molar-refractivity contribution is -0.917. The van der Waals surface area contributed by atoms with Crippen molar-refractivity contribution in [3.63, 3.8) is 0 Å². The zero-order chi connectivity index (χ0) is 16.4. The number of quaternary nitrogens is 1. The predicted octanol–water partition coefficient (Wildman–Crippen LogP) is 1.47. The Morgan fingerprint density at radius 3 is 2.65 bits per heavy atom. The Morgan fingerprint density at radius 1 is 1.17 bits per heavy atom. The lowest BCUT2D eigenvalue weighted by Gasteiger charge is -2.11. The normalized spacial score (nSPS) is 12.5. The molecule has 1 aromatic carbocycles. The Morgan fingerprint density at radius 2 is 1.96 bits per heavy atom. The molecular weight excluding hydrogens is 357 g/mol. The van der Waals surface area contributed by atoms with E-state index in [2.05, 4.69) is 10.4 Å². The number of hydrogen-bond acceptors (Lipinski definition) is 4. The molecule has 6 nitrogen and oxygen atoms in total. The van der Waals surface area contributed by atoms with E-state index in [9.17, 15) is 4.79 Å². The number of thiophene rings is 1. The molecule has 0 aliphatic carbocycles. The van der Waals surface area contributed by atoms with Crippen molar-refractivity contribution in [1.29, 1.82) is 0 Å². The maximum atomic E-state index is 12.4. The van der Waals surface area contributed by atoms with Crippen molar-refractivity contribution in [1.82, 2.24) is 19.8 Å². The van der Waals surface area contributed by atoms with Crippen LogP contribution in [0.2, 0.25) is 9.36 Å². The van der Waals surface area contributed by atoms with Gasteiger partial charge in [-0.05, 0) is 34.7 Å². The standard InChI is InChI=1S/C14H13Cl2N5OS/c1-19(8-10-6-7-13(16)23-10)9-20-14(22)21(18-17-20)12-5-3-2-4-11(12)15/h2-7H,8-9H2,1H3/p+1. The first kappa shape index (κ1) is 16.2. The fourth-order valence-corrected chi connectivity index (χ4v) is 3.62. The van der Waals surface area contributed by atoms with Crippen LogP contribution in [0.15, 0.2) is 41.2 Å². The first-order valence-corrected chi connectivity index (χ1v) is 8.45. The molecule has 120 valence electrons. The van der Waals surface area contributed by atoms with Crippen molar-refractivity contribution in [2.24, 2.45) is 0 Å². The molecule has 0 aliphatic heterocycles. The van der Waals surface area contributed by atoms with Gasteiger partial charge in [0.1, 0.15) is 6.54 Å². The minimum absolute atomic E-state index is 0.318. The van der Waals surface area contributed by atoms with Gasteiger partial charge in [0.05, 0.1) is 27.0 Å². The van der Waals surface area contributed by atoms with Gasteiger partial charge < -0.3 is 4.90 Å². The van der Waals surface area contributed by atoms with Gasteiger partial charge >= 0.3 is 5.69 Å². The van der Waals surface area contributed by atoms with Gasteiger partial charge in [-0.3, -0.25) is 0 Å². The molecule has 0 saturated heterocycles. The van der Waals surface area contributed by atoms with Crippen molar-refractivity contribution in [3.8, 4) is 5.69 Å². The van der Waals surface area contributed by atoms with E-state index in [0.717, 1.165) is 20.7 Å². The third-order valence-electron chi connectivity index (χ3n) is 3.24. The minimum Gasteiger partial charge on any atom is -0.314 e. The molecule has 2 aromatic heterocycles. The van der Waals surface area contributed by atoms with Crippen molar-refractivity contribution in [2.45, 2.75) is 13.2 Å². The Kier molecular flexibility index (Phi) is 4.82. The molecule has 0 amide bonds. The summed E-state index contributed by atoms with van der Waals surface area (Å²) in [5, 5.41) is 8.30. The second-order valence-electron chi connectivity index (χ2n) is 5.12. The summed E-state index contributed by atoms with van der Waals surface area (Å²) in [7, 11) is 1.98. The molecule has 0 fully saturated rings.